The van der Waals surface area contributed by atoms with Crippen LogP contribution in [0.2, 0.25) is 0 Å². The zero-order valence-corrected chi connectivity index (χ0v) is 10.4. The lowest BCUT2D eigenvalue weighted by Crippen LogP contribution is -1.98. The van der Waals surface area contributed by atoms with Crippen molar-refractivity contribution in [3.63, 3.8) is 0 Å². The van der Waals surface area contributed by atoms with E-state index in [0.717, 1.165) is 35.0 Å². The summed E-state index contributed by atoms with van der Waals surface area (Å²) in [5.41, 5.74) is 4.90. The minimum Gasteiger partial charge on any atom is -0.478 e. The first-order valence-electron chi connectivity index (χ1n) is 5.95. The lowest BCUT2D eigenvalue weighted by molar-refractivity contribution is 0.0697. The van der Waals surface area contributed by atoms with Gasteiger partial charge in [-0.3, -0.25) is 0 Å². The van der Waals surface area contributed by atoms with Crippen LogP contribution < -0.4 is 0 Å². The number of carboxylic acid groups (broad SMARTS) is 1. The second-order valence-corrected chi connectivity index (χ2v) is 4.30. The van der Waals surface area contributed by atoms with Crippen molar-refractivity contribution in [1.29, 1.82) is 0 Å². The van der Waals surface area contributed by atoms with Gasteiger partial charge in [0, 0.05) is 16.6 Å². The van der Waals surface area contributed by atoms with Crippen molar-refractivity contribution in [3.05, 3.63) is 34.5 Å². The van der Waals surface area contributed by atoms with Gasteiger partial charge in [-0.2, -0.15) is 0 Å². The van der Waals surface area contributed by atoms with E-state index in [0.29, 0.717) is 5.56 Å². The van der Waals surface area contributed by atoms with Crippen LogP contribution in [-0.2, 0) is 12.8 Å². The van der Waals surface area contributed by atoms with Gasteiger partial charge in [0.05, 0.1) is 5.56 Å². The van der Waals surface area contributed by atoms with Gasteiger partial charge < -0.3 is 10.1 Å². The van der Waals surface area contributed by atoms with E-state index in [1.165, 1.54) is 5.56 Å². The fraction of sp³-hybridized carbons (Fsp3) is 0.357. The Hall–Kier alpha value is -1.77. The average molecular weight is 231 g/mol. The van der Waals surface area contributed by atoms with Crippen LogP contribution in [0.1, 0.15) is 41.0 Å². The van der Waals surface area contributed by atoms with Crippen LogP contribution in [0.25, 0.3) is 10.9 Å². The number of H-pyrrole nitrogens is 1. The molecule has 0 unspecified atom stereocenters. The predicted octanol–water partition coefficient (Wildman–Crippen LogP) is 3.30. The Labute approximate surface area is 100 Å². The molecule has 0 spiro atoms. The summed E-state index contributed by atoms with van der Waals surface area (Å²) in [5.74, 6) is -0.859. The van der Waals surface area contributed by atoms with E-state index in [1.807, 2.05) is 13.8 Å². The second kappa shape index (κ2) is 4.24. The first-order chi connectivity index (χ1) is 8.08. The largest absolute Gasteiger partial charge is 0.478 e. The van der Waals surface area contributed by atoms with Crippen LogP contribution in [0, 0.1) is 6.92 Å². The molecule has 0 saturated carbocycles. The monoisotopic (exact) mass is 231 g/mol. The zero-order chi connectivity index (χ0) is 12.6. The quantitative estimate of drug-likeness (QED) is 0.851. The van der Waals surface area contributed by atoms with Crippen molar-refractivity contribution < 1.29 is 9.90 Å². The lowest BCUT2D eigenvalue weighted by atomic mass is 10.0. The van der Waals surface area contributed by atoms with Crippen LogP contribution >= 0.6 is 0 Å². The summed E-state index contributed by atoms with van der Waals surface area (Å²) in [6.07, 6.45) is 1.75. The Morgan fingerprint density at radius 1 is 1.29 bits per heavy atom. The van der Waals surface area contributed by atoms with Crippen molar-refractivity contribution in [3.8, 4) is 0 Å². The smallest absolute Gasteiger partial charge is 0.335 e. The molecule has 0 saturated heterocycles. The number of hydrogen-bond donors (Lipinski definition) is 2. The Kier molecular flexibility index (Phi) is 2.92. The molecule has 1 aromatic carbocycles. The maximum absolute atomic E-state index is 11.1. The van der Waals surface area contributed by atoms with Crippen molar-refractivity contribution in [2.75, 3.05) is 0 Å². The second-order valence-electron chi connectivity index (χ2n) is 4.30. The first-order valence-corrected chi connectivity index (χ1v) is 5.95. The molecule has 0 aliphatic rings. The Morgan fingerprint density at radius 2 is 2.00 bits per heavy atom. The third-order valence-corrected chi connectivity index (χ3v) is 3.29. The van der Waals surface area contributed by atoms with Crippen molar-refractivity contribution in [2.24, 2.45) is 0 Å². The number of aromatic nitrogens is 1. The number of hydrogen-bond acceptors (Lipinski definition) is 1. The number of carboxylic acids is 1. The summed E-state index contributed by atoms with van der Waals surface area (Å²) < 4.78 is 0. The normalized spacial score (nSPS) is 11.0. The molecule has 0 bridgehead atoms. The molecule has 0 amide bonds. The fourth-order valence-corrected chi connectivity index (χ4v) is 2.41. The van der Waals surface area contributed by atoms with Gasteiger partial charge in [-0.1, -0.05) is 13.8 Å². The molecule has 0 aliphatic carbocycles. The lowest BCUT2D eigenvalue weighted by Gasteiger charge is -2.03. The number of aryl methyl sites for hydroxylation is 3. The molecular formula is C14H17NO2. The molecule has 90 valence electrons. The molecule has 0 aliphatic heterocycles. The van der Waals surface area contributed by atoms with Crippen LogP contribution in [-0.4, -0.2) is 16.1 Å². The Bertz CT molecular complexity index is 581. The van der Waals surface area contributed by atoms with Gasteiger partial charge in [-0.15, -0.1) is 0 Å². The van der Waals surface area contributed by atoms with E-state index in [2.05, 4.69) is 11.9 Å². The molecule has 0 atom stereocenters. The molecule has 3 nitrogen and oxygen atoms in total. The van der Waals surface area contributed by atoms with Crippen molar-refractivity contribution in [1.82, 2.24) is 4.98 Å². The molecule has 1 aromatic heterocycles. The minimum atomic E-state index is -0.859. The molecule has 3 heteroatoms. The van der Waals surface area contributed by atoms with Gasteiger partial charge in [0.25, 0.3) is 0 Å². The number of aromatic carboxylic acids is 1. The van der Waals surface area contributed by atoms with Crippen LogP contribution in [0.4, 0.5) is 0 Å². The molecule has 2 rings (SSSR count). The maximum Gasteiger partial charge on any atom is 0.335 e. The summed E-state index contributed by atoms with van der Waals surface area (Å²) in [7, 11) is 0. The molecular weight excluding hydrogens is 214 g/mol. The number of aromatic amines is 1. The molecule has 2 aromatic rings. The number of fused-ring (bicyclic) bond motifs is 1. The predicted molar refractivity (Wildman–Crippen MR) is 68.8 cm³/mol. The SMILES string of the molecule is CCc1c(C)[nH]c2c(CC)cc(C(=O)O)cc12. The zero-order valence-electron chi connectivity index (χ0n) is 10.4. The fourth-order valence-electron chi connectivity index (χ4n) is 2.41. The topological polar surface area (TPSA) is 53.1 Å². The van der Waals surface area contributed by atoms with E-state index in [4.69, 9.17) is 5.11 Å². The van der Waals surface area contributed by atoms with E-state index < -0.39 is 5.97 Å². The molecule has 2 N–H and O–H groups in total. The summed E-state index contributed by atoms with van der Waals surface area (Å²) in [5, 5.41) is 10.2. The number of benzene rings is 1. The van der Waals surface area contributed by atoms with Crippen molar-refractivity contribution in [2.45, 2.75) is 33.6 Å². The Morgan fingerprint density at radius 3 is 2.53 bits per heavy atom. The maximum atomic E-state index is 11.1. The summed E-state index contributed by atoms with van der Waals surface area (Å²) in [6.45, 7) is 6.18. The van der Waals surface area contributed by atoms with Gasteiger partial charge in [-0.25, -0.2) is 4.79 Å². The standard InChI is InChI=1S/C14H17NO2/c1-4-9-6-10(14(16)17)7-12-11(5-2)8(3)15-13(9)12/h6-7,15H,4-5H2,1-3H3,(H,16,17). The van der Waals surface area contributed by atoms with Gasteiger partial charge in [0.2, 0.25) is 0 Å². The summed E-state index contributed by atoms with van der Waals surface area (Å²) in [4.78, 5) is 14.5. The van der Waals surface area contributed by atoms with Crippen molar-refractivity contribution >= 4 is 16.9 Å². The summed E-state index contributed by atoms with van der Waals surface area (Å²) >= 11 is 0. The van der Waals surface area contributed by atoms with Crippen LogP contribution in [0.15, 0.2) is 12.1 Å². The highest BCUT2D eigenvalue weighted by Crippen LogP contribution is 2.27. The van der Waals surface area contributed by atoms with Gasteiger partial charge in [0.1, 0.15) is 0 Å². The highest BCUT2D eigenvalue weighted by molar-refractivity contribution is 5.96. The van der Waals surface area contributed by atoms with E-state index in [1.54, 1.807) is 12.1 Å². The minimum absolute atomic E-state index is 0.378. The van der Waals surface area contributed by atoms with E-state index in [9.17, 15) is 4.79 Å². The van der Waals surface area contributed by atoms with E-state index >= 15 is 0 Å². The first kappa shape index (κ1) is 11.7. The molecule has 0 radical (unpaired) electrons. The van der Waals surface area contributed by atoms with Gasteiger partial charge >= 0.3 is 5.97 Å². The van der Waals surface area contributed by atoms with Gasteiger partial charge in [-0.05, 0) is 43.0 Å². The number of rotatable bonds is 3. The average Bonchev–Trinajstić information content (AvgIpc) is 2.62. The number of nitrogens with one attached hydrogen (secondary N) is 1. The molecule has 17 heavy (non-hydrogen) atoms. The number of carbonyl (C=O) groups is 1. The Balaban J connectivity index is 2.83. The summed E-state index contributed by atoms with van der Waals surface area (Å²) in [6, 6.07) is 3.54. The molecule has 1 heterocycles. The third-order valence-electron chi connectivity index (χ3n) is 3.29. The van der Waals surface area contributed by atoms with Crippen LogP contribution in [0.5, 0.6) is 0 Å². The van der Waals surface area contributed by atoms with E-state index in [-0.39, 0.29) is 0 Å². The van der Waals surface area contributed by atoms with Gasteiger partial charge in [0.15, 0.2) is 0 Å². The molecule has 0 fully saturated rings. The third kappa shape index (κ3) is 1.82. The highest BCUT2D eigenvalue weighted by Gasteiger charge is 2.13. The van der Waals surface area contributed by atoms with Crippen LogP contribution in [0.3, 0.4) is 0 Å². The highest BCUT2D eigenvalue weighted by atomic mass is 16.4.